The fourth-order valence-corrected chi connectivity index (χ4v) is 2.14. The number of amides is 1. The third-order valence-electron chi connectivity index (χ3n) is 3.13. The van der Waals surface area contributed by atoms with Crippen LogP contribution in [0.3, 0.4) is 0 Å². The van der Waals surface area contributed by atoms with Crippen LogP contribution in [0.4, 0.5) is 5.69 Å². The summed E-state index contributed by atoms with van der Waals surface area (Å²) in [5.74, 6) is 0.119. The first-order chi connectivity index (χ1) is 8.22. The summed E-state index contributed by atoms with van der Waals surface area (Å²) in [6.45, 7) is 4.61. The summed E-state index contributed by atoms with van der Waals surface area (Å²) in [6, 6.07) is 7.56. The molecule has 1 aliphatic heterocycles. The molecular formula is C13H16N2O2. The highest BCUT2D eigenvalue weighted by Crippen LogP contribution is 2.20. The van der Waals surface area contributed by atoms with Crippen LogP contribution in [0.25, 0.3) is 0 Å². The molecule has 1 fully saturated rings. The number of aldehydes is 1. The Morgan fingerprint density at radius 2 is 1.82 bits per heavy atom. The lowest BCUT2D eigenvalue weighted by molar-refractivity contribution is -0.129. The maximum atomic E-state index is 11.2. The minimum absolute atomic E-state index is 0.119. The summed E-state index contributed by atoms with van der Waals surface area (Å²) in [6.07, 6.45) is 0.882. The number of hydrogen-bond donors (Lipinski definition) is 0. The Balaban J connectivity index is 2.10. The predicted molar refractivity (Wildman–Crippen MR) is 66.3 cm³/mol. The van der Waals surface area contributed by atoms with E-state index in [1.54, 1.807) is 6.92 Å². The molecule has 4 nitrogen and oxygen atoms in total. The lowest BCUT2D eigenvalue weighted by atomic mass is 10.1. The molecule has 0 N–H and O–H groups in total. The van der Waals surface area contributed by atoms with Crippen molar-refractivity contribution in [1.82, 2.24) is 4.90 Å². The van der Waals surface area contributed by atoms with Gasteiger partial charge in [-0.25, -0.2) is 0 Å². The van der Waals surface area contributed by atoms with Gasteiger partial charge in [-0.3, -0.25) is 9.59 Å². The zero-order valence-electron chi connectivity index (χ0n) is 9.93. The standard InChI is InChI=1S/C13H16N2O2/c1-11(17)14-6-8-15(9-7-14)13-5-3-2-4-12(13)10-16/h2-5,10H,6-9H2,1H3. The predicted octanol–water partition coefficient (Wildman–Crippen LogP) is 1.17. The third kappa shape index (κ3) is 2.46. The molecule has 1 aromatic carbocycles. The van der Waals surface area contributed by atoms with Gasteiger partial charge in [-0.2, -0.15) is 0 Å². The molecule has 0 atom stereocenters. The Hall–Kier alpha value is -1.84. The summed E-state index contributed by atoms with van der Waals surface area (Å²) in [5, 5.41) is 0. The second-order valence-corrected chi connectivity index (χ2v) is 4.17. The average molecular weight is 232 g/mol. The van der Waals surface area contributed by atoms with Gasteiger partial charge in [0, 0.05) is 44.4 Å². The third-order valence-corrected chi connectivity index (χ3v) is 3.13. The van der Waals surface area contributed by atoms with Crippen LogP contribution in [0.2, 0.25) is 0 Å². The first kappa shape index (κ1) is 11.6. The molecule has 1 amide bonds. The Bertz CT molecular complexity index is 423. The normalized spacial score (nSPS) is 15.8. The van der Waals surface area contributed by atoms with Crippen LogP contribution in [0.5, 0.6) is 0 Å². The van der Waals surface area contributed by atoms with Crippen molar-refractivity contribution < 1.29 is 9.59 Å². The van der Waals surface area contributed by atoms with Crippen LogP contribution >= 0.6 is 0 Å². The number of piperazine rings is 1. The number of para-hydroxylation sites is 1. The van der Waals surface area contributed by atoms with Crippen molar-refractivity contribution in [2.24, 2.45) is 0 Å². The minimum Gasteiger partial charge on any atom is -0.367 e. The minimum atomic E-state index is 0.119. The van der Waals surface area contributed by atoms with Crippen LogP contribution in [0.15, 0.2) is 24.3 Å². The molecule has 1 aliphatic rings. The van der Waals surface area contributed by atoms with E-state index in [-0.39, 0.29) is 5.91 Å². The molecule has 0 bridgehead atoms. The van der Waals surface area contributed by atoms with Crippen molar-refractivity contribution in [3.8, 4) is 0 Å². The summed E-state index contributed by atoms with van der Waals surface area (Å²) < 4.78 is 0. The van der Waals surface area contributed by atoms with E-state index in [0.717, 1.165) is 38.2 Å². The molecule has 0 radical (unpaired) electrons. The van der Waals surface area contributed by atoms with Crippen molar-refractivity contribution >= 4 is 17.9 Å². The molecule has 2 rings (SSSR count). The number of carbonyl (C=O) groups is 2. The van der Waals surface area contributed by atoms with Crippen molar-refractivity contribution in [2.75, 3.05) is 31.1 Å². The molecule has 0 saturated carbocycles. The van der Waals surface area contributed by atoms with Crippen molar-refractivity contribution in [3.05, 3.63) is 29.8 Å². The van der Waals surface area contributed by atoms with Gasteiger partial charge in [-0.05, 0) is 12.1 Å². The van der Waals surface area contributed by atoms with Gasteiger partial charge < -0.3 is 9.80 Å². The molecule has 4 heteroatoms. The topological polar surface area (TPSA) is 40.6 Å². The van der Waals surface area contributed by atoms with Crippen molar-refractivity contribution in [1.29, 1.82) is 0 Å². The summed E-state index contributed by atoms with van der Waals surface area (Å²) in [5.41, 5.74) is 1.68. The second-order valence-electron chi connectivity index (χ2n) is 4.17. The highest BCUT2D eigenvalue weighted by Gasteiger charge is 2.19. The number of nitrogens with zero attached hydrogens (tertiary/aromatic N) is 2. The second kappa shape index (κ2) is 4.99. The number of carbonyl (C=O) groups excluding carboxylic acids is 2. The molecular weight excluding hydrogens is 216 g/mol. The zero-order valence-corrected chi connectivity index (χ0v) is 9.93. The molecule has 0 aromatic heterocycles. The molecule has 17 heavy (non-hydrogen) atoms. The van der Waals surface area contributed by atoms with Crippen molar-refractivity contribution in [3.63, 3.8) is 0 Å². The molecule has 0 aliphatic carbocycles. The molecule has 1 saturated heterocycles. The molecule has 0 spiro atoms. The van der Waals surface area contributed by atoms with Crippen molar-refractivity contribution in [2.45, 2.75) is 6.92 Å². The van der Waals surface area contributed by atoms with E-state index in [2.05, 4.69) is 4.90 Å². The Morgan fingerprint density at radius 3 is 2.41 bits per heavy atom. The summed E-state index contributed by atoms with van der Waals surface area (Å²) in [4.78, 5) is 26.2. The summed E-state index contributed by atoms with van der Waals surface area (Å²) in [7, 11) is 0. The van der Waals surface area contributed by atoms with Crippen LogP contribution in [-0.2, 0) is 4.79 Å². The van der Waals surface area contributed by atoms with E-state index in [9.17, 15) is 9.59 Å². The van der Waals surface area contributed by atoms with Gasteiger partial charge >= 0.3 is 0 Å². The van der Waals surface area contributed by atoms with E-state index < -0.39 is 0 Å². The first-order valence-corrected chi connectivity index (χ1v) is 5.77. The molecule has 1 aromatic rings. The van der Waals surface area contributed by atoms with E-state index in [1.807, 2.05) is 29.2 Å². The highest BCUT2D eigenvalue weighted by molar-refractivity contribution is 5.84. The highest BCUT2D eigenvalue weighted by atomic mass is 16.2. The van der Waals surface area contributed by atoms with Gasteiger partial charge in [0.15, 0.2) is 6.29 Å². The van der Waals surface area contributed by atoms with Crippen LogP contribution in [0, 0.1) is 0 Å². The fourth-order valence-electron chi connectivity index (χ4n) is 2.14. The zero-order chi connectivity index (χ0) is 12.3. The van der Waals surface area contributed by atoms with E-state index >= 15 is 0 Å². The monoisotopic (exact) mass is 232 g/mol. The maximum absolute atomic E-state index is 11.2. The Kier molecular flexibility index (Phi) is 3.42. The van der Waals surface area contributed by atoms with Gasteiger partial charge in [0.2, 0.25) is 5.91 Å². The quantitative estimate of drug-likeness (QED) is 0.719. The van der Waals surface area contributed by atoms with Gasteiger partial charge in [0.05, 0.1) is 0 Å². The van der Waals surface area contributed by atoms with Gasteiger partial charge in [-0.15, -0.1) is 0 Å². The largest absolute Gasteiger partial charge is 0.367 e. The summed E-state index contributed by atoms with van der Waals surface area (Å²) >= 11 is 0. The van der Waals surface area contributed by atoms with E-state index in [0.29, 0.717) is 5.56 Å². The number of hydrogen-bond acceptors (Lipinski definition) is 3. The molecule has 0 unspecified atom stereocenters. The lowest BCUT2D eigenvalue weighted by Crippen LogP contribution is -2.48. The SMILES string of the molecule is CC(=O)N1CCN(c2ccccc2C=O)CC1. The lowest BCUT2D eigenvalue weighted by Gasteiger charge is -2.36. The molecule has 1 heterocycles. The smallest absolute Gasteiger partial charge is 0.219 e. The molecule has 90 valence electrons. The Labute approximate surface area is 101 Å². The van der Waals surface area contributed by atoms with Gasteiger partial charge in [0.25, 0.3) is 0 Å². The average Bonchev–Trinajstić information content (AvgIpc) is 2.39. The maximum Gasteiger partial charge on any atom is 0.219 e. The van der Waals surface area contributed by atoms with E-state index in [1.165, 1.54) is 0 Å². The van der Waals surface area contributed by atoms with Gasteiger partial charge in [-0.1, -0.05) is 12.1 Å². The Morgan fingerprint density at radius 1 is 1.18 bits per heavy atom. The van der Waals surface area contributed by atoms with Crippen LogP contribution in [-0.4, -0.2) is 43.3 Å². The fraction of sp³-hybridized carbons (Fsp3) is 0.385. The van der Waals surface area contributed by atoms with Crippen LogP contribution in [0.1, 0.15) is 17.3 Å². The number of anilines is 1. The van der Waals surface area contributed by atoms with Crippen LogP contribution < -0.4 is 4.90 Å². The first-order valence-electron chi connectivity index (χ1n) is 5.77. The number of benzene rings is 1. The number of rotatable bonds is 2. The van der Waals surface area contributed by atoms with Gasteiger partial charge in [0.1, 0.15) is 0 Å². The van der Waals surface area contributed by atoms with E-state index in [4.69, 9.17) is 0 Å².